The molecule has 0 saturated carbocycles. The van der Waals surface area contributed by atoms with Crippen LogP contribution in [0.1, 0.15) is 11.1 Å². The molecule has 4 aromatic rings. The summed E-state index contributed by atoms with van der Waals surface area (Å²) in [5.41, 5.74) is -0.712. The van der Waals surface area contributed by atoms with E-state index in [1.165, 1.54) is 30.4 Å². The van der Waals surface area contributed by atoms with Crippen LogP contribution in [0.5, 0.6) is 0 Å². The van der Waals surface area contributed by atoms with Crippen molar-refractivity contribution in [1.82, 2.24) is 29.9 Å². The molecular weight excluding hydrogens is 708 g/mol. The Morgan fingerprint density at radius 2 is 1.30 bits per heavy atom. The molecule has 2 aromatic carbocycles. The van der Waals surface area contributed by atoms with E-state index in [2.05, 4.69) is 60.5 Å². The second-order valence-electron chi connectivity index (χ2n) is 9.88. The summed E-state index contributed by atoms with van der Waals surface area (Å²) in [4.78, 5) is 43.8. The molecule has 0 spiro atoms. The van der Waals surface area contributed by atoms with Crippen LogP contribution in [0.25, 0.3) is 12.2 Å². The number of nitrogens with one attached hydrogen (secondary N) is 6. The molecule has 50 heavy (non-hydrogen) atoms. The number of hydrogen-bond acceptors (Lipinski definition) is 20. The summed E-state index contributed by atoms with van der Waals surface area (Å²) in [6.45, 7) is -1.35. The fourth-order valence-corrected chi connectivity index (χ4v) is 5.11. The Morgan fingerprint density at radius 3 is 1.80 bits per heavy atom. The third-order valence-electron chi connectivity index (χ3n) is 6.14. The number of benzene rings is 2. The van der Waals surface area contributed by atoms with E-state index < -0.39 is 51.8 Å². The van der Waals surface area contributed by atoms with Crippen LogP contribution >= 0.6 is 12.0 Å². The van der Waals surface area contributed by atoms with Gasteiger partial charge in [0.2, 0.25) is 23.8 Å². The molecule has 0 bridgehead atoms. The van der Waals surface area contributed by atoms with Gasteiger partial charge < -0.3 is 41.7 Å². The zero-order valence-corrected chi connectivity index (χ0v) is 27.0. The first-order valence-electron chi connectivity index (χ1n) is 14.0. The van der Waals surface area contributed by atoms with Crippen LogP contribution in [0, 0.1) is 0 Å². The van der Waals surface area contributed by atoms with Crippen LogP contribution in [0.15, 0.2) is 55.8 Å². The maximum absolute atomic E-state index is 12.3. The Bertz CT molecular complexity index is 2030. The molecule has 24 heteroatoms. The van der Waals surface area contributed by atoms with Crippen molar-refractivity contribution in [3.63, 3.8) is 0 Å². The predicted molar refractivity (Wildman–Crippen MR) is 177 cm³/mol. The number of nitrogens with zero attached hydrogens (tertiary/aromatic N) is 4. The van der Waals surface area contributed by atoms with Crippen molar-refractivity contribution in [2.75, 3.05) is 47.6 Å². The van der Waals surface area contributed by atoms with Gasteiger partial charge in [0.1, 0.15) is 4.90 Å². The van der Waals surface area contributed by atoms with Gasteiger partial charge in [0.25, 0.3) is 10.1 Å². The van der Waals surface area contributed by atoms with Crippen LogP contribution in [-0.2, 0) is 19.5 Å². The molecule has 2 atom stereocenters. The molecule has 0 aliphatic heterocycles. The number of aliphatic hydroxyl groups excluding tert-OH is 4. The van der Waals surface area contributed by atoms with E-state index in [1.54, 1.807) is 12.1 Å². The quantitative estimate of drug-likeness (QED) is 0.0201. The van der Waals surface area contributed by atoms with Crippen LogP contribution in [-0.4, -0.2) is 107 Å². The summed E-state index contributed by atoms with van der Waals surface area (Å²) in [6.07, 6.45) is 0.576. The topological polar surface area (TPSA) is 339 Å². The number of rotatable bonds is 18. The largest absolute Gasteiger partial charge is 0.394 e. The average Bonchev–Trinajstić information content (AvgIpc) is 3.07. The van der Waals surface area contributed by atoms with E-state index in [4.69, 9.17) is 15.5 Å². The van der Waals surface area contributed by atoms with Crippen molar-refractivity contribution in [3.05, 3.63) is 68.5 Å². The Labute approximate surface area is 285 Å². The standard InChI is InChI=1S/C26H30N10O12S2/c37-11-17(39)9-27-21-31-23(35-25(41)33-21)29-15-5-3-13(19(7-15)49-48-47-43)1-2-14-4-6-16(8-20(14)50(44,45)46)30-24-32-22(34-26(42)36-24)28-10-18(40)12-38/h1-8,17-18,37-40,43H,9-12H2,(H,44,45,46)(H3,27,29,31,33,35,41)(H3,28,30,32,34,36,42). The fraction of sp³-hybridized carbons (Fsp3) is 0.231. The van der Waals surface area contributed by atoms with Crippen molar-refractivity contribution in [1.29, 1.82) is 0 Å². The molecule has 12 N–H and O–H groups in total. The van der Waals surface area contributed by atoms with Gasteiger partial charge >= 0.3 is 11.4 Å². The average molecular weight is 739 g/mol. The predicted octanol–water partition coefficient (Wildman–Crippen LogP) is -0.494. The second-order valence-corrected chi connectivity index (χ2v) is 12.0. The number of aromatic nitrogens is 6. The number of aliphatic hydroxyl groups is 4. The summed E-state index contributed by atoms with van der Waals surface area (Å²) < 4.78 is 39.2. The van der Waals surface area contributed by atoms with Crippen molar-refractivity contribution in [2.45, 2.75) is 22.0 Å². The molecule has 268 valence electrons. The summed E-state index contributed by atoms with van der Waals surface area (Å²) in [5.74, 6) is -0.523. The molecule has 0 saturated heterocycles. The lowest BCUT2D eigenvalue weighted by Crippen LogP contribution is -2.26. The maximum atomic E-state index is 12.3. The van der Waals surface area contributed by atoms with Gasteiger partial charge in [0, 0.05) is 29.4 Å². The zero-order valence-electron chi connectivity index (χ0n) is 25.3. The Hall–Kier alpha value is -5.02. The maximum Gasteiger partial charge on any atom is 0.351 e. The van der Waals surface area contributed by atoms with E-state index >= 15 is 0 Å². The molecule has 2 heterocycles. The van der Waals surface area contributed by atoms with Crippen molar-refractivity contribution in [3.8, 4) is 0 Å². The van der Waals surface area contributed by atoms with Crippen LogP contribution in [0.2, 0.25) is 0 Å². The molecule has 2 unspecified atom stereocenters. The second kappa shape index (κ2) is 17.6. The number of H-pyrrole nitrogens is 2. The van der Waals surface area contributed by atoms with E-state index in [-0.39, 0.29) is 48.1 Å². The van der Waals surface area contributed by atoms with E-state index in [0.29, 0.717) is 28.2 Å². The minimum absolute atomic E-state index is 0.0389. The Balaban J connectivity index is 1.58. The van der Waals surface area contributed by atoms with Gasteiger partial charge in [-0.15, -0.1) is 4.33 Å². The highest BCUT2D eigenvalue weighted by molar-refractivity contribution is 7.94. The van der Waals surface area contributed by atoms with Gasteiger partial charge in [-0.1, -0.05) is 29.3 Å². The third kappa shape index (κ3) is 11.3. The molecule has 0 fully saturated rings. The highest BCUT2D eigenvalue weighted by atomic mass is 32.2. The lowest BCUT2D eigenvalue weighted by atomic mass is 10.1. The summed E-state index contributed by atoms with van der Waals surface area (Å²) in [6, 6.07) is 8.47. The van der Waals surface area contributed by atoms with Crippen LogP contribution in [0.4, 0.5) is 35.2 Å². The van der Waals surface area contributed by atoms with Crippen molar-refractivity contribution >= 4 is 69.5 Å². The smallest absolute Gasteiger partial charge is 0.351 e. The van der Waals surface area contributed by atoms with Crippen LogP contribution < -0.4 is 32.6 Å². The first kappa shape index (κ1) is 37.8. The van der Waals surface area contributed by atoms with Crippen molar-refractivity contribution < 1.29 is 48.0 Å². The molecule has 0 aliphatic carbocycles. The first-order chi connectivity index (χ1) is 23.9. The van der Waals surface area contributed by atoms with Gasteiger partial charge in [0.15, 0.2) is 0 Å². The molecule has 0 radical (unpaired) electrons. The summed E-state index contributed by atoms with van der Waals surface area (Å²) in [7, 11) is -4.80. The normalized spacial score (nSPS) is 12.8. The van der Waals surface area contributed by atoms with Gasteiger partial charge in [0.05, 0.1) is 37.5 Å². The zero-order chi connectivity index (χ0) is 36.3. The van der Waals surface area contributed by atoms with E-state index in [9.17, 15) is 32.8 Å². The minimum Gasteiger partial charge on any atom is -0.394 e. The summed E-state index contributed by atoms with van der Waals surface area (Å²) in [5, 5.41) is 60.1. The lowest BCUT2D eigenvalue weighted by Gasteiger charge is -2.12. The van der Waals surface area contributed by atoms with Gasteiger partial charge in [-0.2, -0.15) is 28.4 Å². The number of aromatic amines is 2. The highest BCUT2D eigenvalue weighted by Crippen LogP contribution is 2.31. The molecule has 4 rings (SSSR count). The van der Waals surface area contributed by atoms with Gasteiger partial charge in [-0.05, 0) is 35.4 Å². The highest BCUT2D eigenvalue weighted by Gasteiger charge is 2.17. The molecule has 22 nitrogen and oxygen atoms in total. The SMILES string of the molecule is O=c1nc(NCC(O)CO)nc(Nc2ccc(C=Cc3ccc(Nc4nc(NCC(O)CO)nc(=O)[nH]4)cc3S(=O)(=O)O)c(SOOO)c2)[nH]1. The third-order valence-corrected chi connectivity index (χ3v) is 7.71. The molecule has 0 amide bonds. The fourth-order valence-electron chi connectivity index (χ4n) is 3.89. The molecule has 2 aromatic heterocycles. The van der Waals surface area contributed by atoms with E-state index in [1.807, 2.05) is 0 Å². The molecule has 0 aliphatic rings. The molecular formula is C26H30N10O12S2. The lowest BCUT2D eigenvalue weighted by molar-refractivity contribution is -0.432. The van der Waals surface area contributed by atoms with Gasteiger partial charge in [-0.3, -0.25) is 14.5 Å². The Morgan fingerprint density at radius 1 is 0.800 bits per heavy atom. The van der Waals surface area contributed by atoms with E-state index in [0.717, 1.165) is 6.07 Å². The van der Waals surface area contributed by atoms with Crippen molar-refractivity contribution in [2.24, 2.45) is 0 Å². The summed E-state index contributed by atoms with van der Waals surface area (Å²) >= 11 is 0.567. The number of hydrogen-bond donors (Lipinski definition) is 12. The van der Waals surface area contributed by atoms with Crippen LogP contribution in [0.3, 0.4) is 0 Å². The number of anilines is 6. The Kier molecular flexibility index (Phi) is 13.3. The minimum atomic E-state index is -4.80. The monoisotopic (exact) mass is 738 g/mol. The first-order valence-corrected chi connectivity index (χ1v) is 16.2. The van der Waals surface area contributed by atoms with Gasteiger partial charge in [-0.25, -0.2) is 14.8 Å².